The van der Waals surface area contributed by atoms with E-state index in [0.717, 1.165) is 24.1 Å². The second-order valence-electron chi connectivity index (χ2n) is 9.62. The summed E-state index contributed by atoms with van der Waals surface area (Å²) in [6.45, 7) is 2.20. The first kappa shape index (κ1) is 27.7. The summed E-state index contributed by atoms with van der Waals surface area (Å²) < 4.78 is 81.4. The number of fused-ring (bicyclic) bond motifs is 1. The van der Waals surface area contributed by atoms with Gasteiger partial charge in [-0.05, 0) is 72.0 Å². The Bertz CT molecular complexity index is 1370. The standard InChI is InChI=1S/C31H29F6N/c1-2-3-4-5-6-7-20-9-15-28(38-19-20)24-13-14-25-23(18-24)12-11-22(30(25)34)10-8-21-16-26(32)29(27(33)17-21)31(35,36)37/h9,11-19H,2-8,10H2,1H3. The molecule has 0 unspecified atom stereocenters. The molecule has 0 N–H and O–H groups in total. The molecule has 4 rings (SSSR count). The van der Waals surface area contributed by atoms with Crippen molar-refractivity contribution in [3.63, 3.8) is 0 Å². The molecule has 38 heavy (non-hydrogen) atoms. The third kappa shape index (κ3) is 6.55. The van der Waals surface area contributed by atoms with Crippen LogP contribution in [0.15, 0.2) is 60.8 Å². The van der Waals surface area contributed by atoms with Crippen LogP contribution in [0.5, 0.6) is 0 Å². The molecule has 7 heteroatoms. The predicted octanol–water partition coefficient (Wildman–Crippen LogP) is 9.64. The van der Waals surface area contributed by atoms with E-state index in [9.17, 15) is 22.0 Å². The number of aromatic nitrogens is 1. The third-order valence-electron chi connectivity index (χ3n) is 6.79. The molecule has 0 aliphatic carbocycles. The van der Waals surface area contributed by atoms with Crippen molar-refractivity contribution in [1.82, 2.24) is 4.98 Å². The summed E-state index contributed by atoms with van der Waals surface area (Å²) >= 11 is 0. The number of benzene rings is 3. The van der Waals surface area contributed by atoms with E-state index in [4.69, 9.17) is 0 Å². The summed E-state index contributed by atoms with van der Waals surface area (Å²) in [5.74, 6) is -3.81. The van der Waals surface area contributed by atoms with Gasteiger partial charge in [0.1, 0.15) is 23.0 Å². The van der Waals surface area contributed by atoms with Crippen LogP contribution in [0.2, 0.25) is 0 Å². The average Bonchev–Trinajstić information content (AvgIpc) is 2.87. The fourth-order valence-electron chi connectivity index (χ4n) is 4.69. The number of halogens is 6. The Kier molecular flexibility index (Phi) is 8.75. The Hall–Kier alpha value is -3.35. The second-order valence-corrected chi connectivity index (χ2v) is 9.62. The summed E-state index contributed by atoms with van der Waals surface area (Å²) in [5.41, 5.74) is 1.26. The molecular weight excluding hydrogens is 500 g/mol. The maximum Gasteiger partial charge on any atom is 0.422 e. The van der Waals surface area contributed by atoms with Crippen LogP contribution in [0.25, 0.3) is 22.0 Å². The van der Waals surface area contributed by atoms with E-state index in [1.807, 2.05) is 18.3 Å². The number of hydrogen-bond donors (Lipinski definition) is 0. The number of aryl methyl sites for hydroxylation is 3. The summed E-state index contributed by atoms with van der Waals surface area (Å²) in [4.78, 5) is 4.58. The molecule has 4 aromatic rings. The van der Waals surface area contributed by atoms with Crippen LogP contribution < -0.4 is 0 Å². The number of nitrogens with zero attached hydrogens (tertiary/aromatic N) is 1. The van der Waals surface area contributed by atoms with Crippen molar-refractivity contribution in [2.75, 3.05) is 0 Å². The third-order valence-corrected chi connectivity index (χ3v) is 6.79. The molecule has 0 amide bonds. The second kappa shape index (κ2) is 12.0. The van der Waals surface area contributed by atoms with Gasteiger partial charge in [0.15, 0.2) is 0 Å². The minimum atomic E-state index is -5.12. The Labute approximate surface area is 218 Å². The van der Waals surface area contributed by atoms with Gasteiger partial charge in [0.2, 0.25) is 0 Å². The predicted molar refractivity (Wildman–Crippen MR) is 138 cm³/mol. The SMILES string of the molecule is CCCCCCCc1ccc(-c2ccc3c(F)c(CCc4cc(F)c(C(F)(F)F)c(F)c4)ccc3c2)nc1. The lowest BCUT2D eigenvalue weighted by atomic mass is 9.97. The summed E-state index contributed by atoms with van der Waals surface area (Å²) in [5, 5.41) is 1.07. The van der Waals surface area contributed by atoms with Crippen molar-refractivity contribution >= 4 is 10.8 Å². The monoisotopic (exact) mass is 529 g/mol. The van der Waals surface area contributed by atoms with Gasteiger partial charge < -0.3 is 0 Å². The maximum absolute atomic E-state index is 15.2. The van der Waals surface area contributed by atoms with Gasteiger partial charge in [0.05, 0.1) is 5.69 Å². The molecule has 1 aromatic heterocycles. The Balaban J connectivity index is 1.45. The Morgan fingerprint density at radius 1 is 0.711 bits per heavy atom. The Morgan fingerprint density at radius 3 is 2.11 bits per heavy atom. The van der Waals surface area contributed by atoms with Crippen molar-refractivity contribution in [1.29, 1.82) is 0 Å². The lowest BCUT2D eigenvalue weighted by Gasteiger charge is -2.12. The first-order valence-corrected chi connectivity index (χ1v) is 12.9. The van der Waals surface area contributed by atoms with Crippen LogP contribution in [0.4, 0.5) is 26.3 Å². The van der Waals surface area contributed by atoms with Gasteiger partial charge in [-0.1, -0.05) is 62.9 Å². The molecular formula is C31H29F6N. The van der Waals surface area contributed by atoms with Gasteiger partial charge in [-0.25, -0.2) is 13.2 Å². The number of rotatable bonds is 10. The first-order valence-electron chi connectivity index (χ1n) is 12.9. The van der Waals surface area contributed by atoms with Crippen molar-refractivity contribution < 1.29 is 26.3 Å². The largest absolute Gasteiger partial charge is 0.422 e. The van der Waals surface area contributed by atoms with E-state index in [0.29, 0.717) is 28.5 Å². The van der Waals surface area contributed by atoms with E-state index < -0.39 is 29.2 Å². The van der Waals surface area contributed by atoms with E-state index in [1.54, 1.807) is 24.3 Å². The average molecular weight is 530 g/mol. The van der Waals surface area contributed by atoms with Crippen LogP contribution in [0.1, 0.15) is 61.3 Å². The molecule has 3 aromatic carbocycles. The van der Waals surface area contributed by atoms with E-state index in [-0.39, 0.29) is 18.4 Å². The molecule has 0 spiro atoms. The molecule has 200 valence electrons. The highest BCUT2D eigenvalue weighted by molar-refractivity contribution is 5.88. The van der Waals surface area contributed by atoms with Crippen LogP contribution >= 0.6 is 0 Å². The van der Waals surface area contributed by atoms with Gasteiger partial charge in [0, 0.05) is 17.1 Å². The fraction of sp³-hybridized carbons (Fsp3) is 0.323. The highest BCUT2D eigenvalue weighted by Crippen LogP contribution is 2.34. The molecule has 1 heterocycles. The molecule has 0 fully saturated rings. The highest BCUT2D eigenvalue weighted by atomic mass is 19.4. The fourth-order valence-corrected chi connectivity index (χ4v) is 4.69. The maximum atomic E-state index is 15.2. The summed E-state index contributed by atoms with van der Waals surface area (Å²) in [6.07, 6.45) is 3.91. The minimum Gasteiger partial charge on any atom is -0.256 e. The van der Waals surface area contributed by atoms with Gasteiger partial charge in [-0.3, -0.25) is 4.98 Å². The zero-order valence-electron chi connectivity index (χ0n) is 21.1. The zero-order valence-corrected chi connectivity index (χ0v) is 21.1. The lowest BCUT2D eigenvalue weighted by molar-refractivity contribution is -0.142. The summed E-state index contributed by atoms with van der Waals surface area (Å²) in [7, 11) is 0. The quantitative estimate of drug-likeness (QED) is 0.147. The van der Waals surface area contributed by atoms with Crippen LogP contribution in [-0.4, -0.2) is 4.98 Å². The number of hydrogen-bond acceptors (Lipinski definition) is 1. The summed E-state index contributed by atoms with van der Waals surface area (Å²) in [6, 6.07) is 14.0. The number of pyridine rings is 1. The van der Waals surface area contributed by atoms with Crippen LogP contribution in [0, 0.1) is 17.5 Å². The molecule has 0 bridgehead atoms. The van der Waals surface area contributed by atoms with Crippen LogP contribution in [0.3, 0.4) is 0 Å². The Morgan fingerprint density at radius 2 is 1.45 bits per heavy atom. The smallest absolute Gasteiger partial charge is 0.256 e. The number of unbranched alkanes of at least 4 members (excludes halogenated alkanes) is 4. The van der Waals surface area contributed by atoms with Gasteiger partial charge in [-0.15, -0.1) is 0 Å². The highest BCUT2D eigenvalue weighted by Gasteiger charge is 2.37. The van der Waals surface area contributed by atoms with E-state index >= 15 is 4.39 Å². The van der Waals surface area contributed by atoms with Gasteiger partial charge in [-0.2, -0.15) is 13.2 Å². The van der Waals surface area contributed by atoms with Gasteiger partial charge in [0.25, 0.3) is 0 Å². The van der Waals surface area contributed by atoms with Crippen molar-refractivity contribution in [2.24, 2.45) is 0 Å². The van der Waals surface area contributed by atoms with Crippen LogP contribution in [-0.2, 0) is 25.4 Å². The van der Waals surface area contributed by atoms with Crippen molar-refractivity contribution in [3.8, 4) is 11.3 Å². The van der Waals surface area contributed by atoms with Crippen molar-refractivity contribution in [3.05, 3.63) is 100 Å². The normalized spacial score (nSPS) is 11.9. The topological polar surface area (TPSA) is 12.9 Å². The minimum absolute atomic E-state index is 0.0125. The molecule has 1 nitrogen and oxygen atoms in total. The lowest BCUT2D eigenvalue weighted by Crippen LogP contribution is -2.12. The molecule has 0 radical (unpaired) electrons. The zero-order chi connectivity index (χ0) is 27.3. The molecule has 0 aliphatic heterocycles. The van der Waals surface area contributed by atoms with E-state index in [2.05, 4.69) is 18.0 Å². The number of alkyl halides is 3. The molecule has 0 saturated carbocycles. The van der Waals surface area contributed by atoms with E-state index in [1.165, 1.54) is 31.2 Å². The molecule has 0 saturated heterocycles. The molecule has 0 atom stereocenters. The van der Waals surface area contributed by atoms with Gasteiger partial charge >= 0.3 is 6.18 Å². The first-order chi connectivity index (χ1) is 18.2. The van der Waals surface area contributed by atoms with Crippen molar-refractivity contribution in [2.45, 2.75) is 64.5 Å². The molecule has 0 aliphatic rings.